The number of rotatable bonds is 37. The number of phosphoric acid groups is 1. The number of hydrogen-bond acceptors (Lipinski definition) is 8. The Hall–Kier alpha value is -2.03. The standard InChI is InChI=1S/C41H74NO8P/c1-3-5-7-9-11-13-15-17-19-21-23-25-27-29-31-33-40(43)47-37-39(38-49-51(45,46)48-36-35-42)50-41(44)34-32-30-28-26-24-22-20-18-16-14-12-10-8-6-4-2/h9,11-12,14,18,20,24,26,39H,3-8,10,13,15-17,19,21-23,25,27-38,42H2,1-2H3,(H,45,46)/b11-9+,14-12+,20-18+,26-24+/t39-/m1/s1. The first-order valence-electron chi connectivity index (χ1n) is 20.1. The molecule has 0 aromatic heterocycles. The topological polar surface area (TPSA) is 134 Å². The Balaban J connectivity index is 4.27. The first kappa shape index (κ1) is 49.0. The van der Waals surface area contributed by atoms with Crippen molar-refractivity contribution in [3.05, 3.63) is 48.6 Å². The van der Waals surface area contributed by atoms with Gasteiger partial charge in [-0.2, -0.15) is 0 Å². The molecule has 0 saturated heterocycles. The third-order valence-electron chi connectivity index (χ3n) is 8.19. The van der Waals surface area contributed by atoms with Crippen LogP contribution in [0.5, 0.6) is 0 Å². The minimum absolute atomic E-state index is 0.0456. The van der Waals surface area contributed by atoms with Crippen LogP contribution in [0.2, 0.25) is 0 Å². The molecule has 0 radical (unpaired) electrons. The zero-order valence-electron chi connectivity index (χ0n) is 32.3. The number of nitrogens with two attached hydrogens (primary N) is 1. The summed E-state index contributed by atoms with van der Waals surface area (Å²) in [5.41, 5.74) is 5.33. The van der Waals surface area contributed by atoms with Crippen LogP contribution in [0.25, 0.3) is 0 Å². The van der Waals surface area contributed by atoms with E-state index < -0.39 is 32.5 Å². The number of carbonyl (C=O) groups is 2. The Bertz CT molecular complexity index is 981. The molecule has 0 fully saturated rings. The van der Waals surface area contributed by atoms with Crippen molar-refractivity contribution in [2.75, 3.05) is 26.4 Å². The Kier molecular flexibility index (Phi) is 36.2. The van der Waals surface area contributed by atoms with E-state index in [-0.39, 0.29) is 32.6 Å². The highest BCUT2D eigenvalue weighted by molar-refractivity contribution is 7.47. The van der Waals surface area contributed by atoms with Crippen molar-refractivity contribution in [2.45, 2.75) is 174 Å². The molecule has 51 heavy (non-hydrogen) atoms. The van der Waals surface area contributed by atoms with Gasteiger partial charge in [-0.05, 0) is 70.6 Å². The average molecular weight is 740 g/mol. The molecular weight excluding hydrogens is 665 g/mol. The molecule has 9 nitrogen and oxygen atoms in total. The van der Waals surface area contributed by atoms with Crippen molar-refractivity contribution in [3.63, 3.8) is 0 Å². The van der Waals surface area contributed by atoms with Crippen LogP contribution in [-0.2, 0) is 32.7 Å². The van der Waals surface area contributed by atoms with Crippen molar-refractivity contribution in [1.29, 1.82) is 0 Å². The molecule has 10 heteroatoms. The van der Waals surface area contributed by atoms with Gasteiger partial charge in [-0.15, -0.1) is 0 Å². The van der Waals surface area contributed by atoms with Crippen molar-refractivity contribution < 1.29 is 37.6 Å². The Labute approximate surface area is 311 Å². The lowest BCUT2D eigenvalue weighted by molar-refractivity contribution is -0.161. The quantitative estimate of drug-likeness (QED) is 0.0276. The molecule has 0 aromatic carbocycles. The van der Waals surface area contributed by atoms with E-state index in [1.807, 2.05) is 0 Å². The largest absolute Gasteiger partial charge is 0.472 e. The van der Waals surface area contributed by atoms with E-state index in [9.17, 15) is 19.0 Å². The lowest BCUT2D eigenvalue weighted by atomic mass is 10.1. The van der Waals surface area contributed by atoms with Crippen LogP contribution in [-0.4, -0.2) is 49.3 Å². The third kappa shape index (κ3) is 37.5. The van der Waals surface area contributed by atoms with E-state index in [2.05, 4.69) is 62.5 Å². The van der Waals surface area contributed by atoms with Gasteiger partial charge in [0.05, 0.1) is 13.2 Å². The third-order valence-corrected chi connectivity index (χ3v) is 9.17. The monoisotopic (exact) mass is 740 g/mol. The first-order valence-corrected chi connectivity index (χ1v) is 21.6. The van der Waals surface area contributed by atoms with Gasteiger partial charge < -0.3 is 20.1 Å². The zero-order chi connectivity index (χ0) is 37.5. The molecule has 2 atom stereocenters. The van der Waals surface area contributed by atoms with Crippen LogP contribution < -0.4 is 5.73 Å². The van der Waals surface area contributed by atoms with Gasteiger partial charge in [0.2, 0.25) is 0 Å². The SMILES string of the molecule is CCCC/C=C/CCCCCCCCCCCC(=O)OC[C@H](COP(=O)(O)OCCN)OC(=O)CCCC/C=C/C/C=C/C/C=C/CCCCC. The van der Waals surface area contributed by atoms with Gasteiger partial charge in [-0.25, -0.2) is 4.57 Å². The zero-order valence-corrected chi connectivity index (χ0v) is 33.2. The molecule has 0 aromatic rings. The molecule has 3 N–H and O–H groups in total. The molecule has 0 rings (SSSR count). The molecule has 296 valence electrons. The van der Waals surface area contributed by atoms with Gasteiger partial charge in [0.15, 0.2) is 6.10 Å². The highest BCUT2D eigenvalue weighted by atomic mass is 31.2. The van der Waals surface area contributed by atoms with Gasteiger partial charge >= 0.3 is 19.8 Å². The highest BCUT2D eigenvalue weighted by Crippen LogP contribution is 2.43. The first-order chi connectivity index (χ1) is 24.8. The Morgan fingerprint density at radius 2 is 1.04 bits per heavy atom. The van der Waals surface area contributed by atoms with Gasteiger partial charge in [0, 0.05) is 19.4 Å². The van der Waals surface area contributed by atoms with Crippen molar-refractivity contribution in [1.82, 2.24) is 0 Å². The van der Waals surface area contributed by atoms with Gasteiger partial charge in [-0.3, -0.25) is 18.6 Å². The average Bonchev–Trinajstić information content (AvgIpc) is 3.11. The molecule has 0 amide bonds. The minimum atomic E-state index is -4.38. The van der Waals surface area contributed by atoms with Crippen molar-refractivity contribution >= 4 is 19.8 Å². The number of esters is 2. The van der Waals surface area contributed by atoms with E-state index >= 15 is 0 Å². The summed E-state index contributed by atoms with van der Waals surface area (Å²) >= 11 is 0. The van der Waals surface area contributed by atoms with E-state index in [4.69, 9.17) is 24.3 Å². The predicted molar refractivity (Wildman–Crippen MR) is 210 cm³/mol. The van der Waals surface area contributed by atoms with E-state index in [1.54, 1.807) is 0 Å². The summed E-state index contributed by atoms with van der Waals surface area (Å²) < 4.78 is 32.7. The summed E-state index contributed by atoms with van der Waals surface area (Å²) in [7, 11) is -4.38. The normalized spacial score (nSPS) is 13.9. The lowest BCUT2D eigenvalue weighted by Crippen LogP contribution is -2.29. The second kappa shape index (κ2) is 37.7. The smallest absolute Gasteiger partial charge is 0.462 e. The number of phosphoric ester groups is 1. The number of unbranched alkanes of at least 4 members (excludes halogenated alkanes) is 16. The number of carbonyl (C=O) groups excluding carboxylic acids is 2. The molecule has 1 unspecified atom stereocenters. The molecule has 0 bridgehead atoms. The van der Waals surface area contributed by atoms with Crippen LogP contribution in [0.4, 0.5) is 0 Å². The predicted octanol–water partition coefficient (Wildman–Crippen LogP) is 11.2. The fourth-order valence-electron chi connectivity index (χ4n) is 5.15. The van der Waals surface area contributed by atoms with Gasteiger partial charge in [0.1, 0.15) is 6.61 Å². The summed E-state index contributed by atoms with van der Waals surface area (Å²) in [6, 6.07) is 0. The van der Waals surface area contributed by atoms with Crippen LogP contribution in [0.1, 0.15) is 168 Å². The fourth-order valence-corrected chi connectivity index (χ4v) is 5.92. The van der Waals surface area contributed by atoms with E-state index in [0.29, 0.717) is 6.42 Å². The molecule has 0 heterocycles. The molecule has 0 aliphatic heterocycles. The molecule has 0 aliphatic rings. The second-order valence-corrected chi connectivity index (χ2v) is 14.6. The summed E-state index contributed by atoms with van der Waals surface area (Å²) in [4.78, 5) is 34.8. The maximum absolute atomic E-state index is 12.5. The van der Waals surface area contributed by atoms with E-state index in [0.717, 1.165) is 51.4 Å². The molecule has 0 aliphatic carbocycles. The lowest BCUT2D eigenvalue weighted by Gasteiger charge is -2.19. The number of ether oxygens (including phenoxy) is 2. The van der Waals surface area contributed by atoms with Gasteiger partial charge in [0.25, 0.3) is 0 Å². The number of allylic oxidation sites excluding steroid dienone is 8. The van der Waals surface area contributed by atoms with Crippen LogP contribution in [0.3, 0.4) is 0 Å². The maximum atomic E-state index is 12.5. The Morgan fingerprint density at radius 3 is 1.63 bits per heavy atom. The van der Waals surface area contributed by atoms with Crippen LogP contribution in [0, 0.1) is 0 Å². The summed E-state index contributed by atoms with van der Waals surface area (Å²) in [6.07, 6.45) is 41.4. The minimum Gasteiger partial charge on any atom is -0.462 e. The van der Waals surface area contributed by atoms with Crippen LogP contribution in [0.15, 0.2) is 48.6 Å². The fraction of sp³-hybridized carbons (Fsp3) is 0.756. The summed E-state index contributed by atoms with van der Waals surface area (Å²) in [5, 5.41) is 0. The highest BCUT2D eigenvalue weighted by Gasteiger charge is 2.25. The molecule has 0 spiro atoms. The van der Waals surface area contributed by atoms with Gasteiger partial charge in [-0.1, -0.05) is 133 Å². The molecular formula is C41H74NO8P. The maximum Gasteiger partial charge on any atom is 0.472 e. The summed E-state index contributed by atoms with van der Waals surface area (Å²) in [5.74, 6) is -0.879. The number of hydrogen-bond donors (Lipinski definition) is 2. The summed E-state index contributed by atoms with van der Waals surface area (Å²) in [6.45, 7) is 3.61. The van der Waals surface area contributed by atoms with Crippen molar-refractivity contribution in [2.24, 2.45) is 5.73 Å². The van der Waals surface area contributed by atoms with Crippen molar-refractivity contribution in [3.8, 4) is 0 Å². The van der Waals surface area contributed by atoms with Crippen LogP contribution >= 0.6 is 7.82 Å². The van der Waals surface area contributed by atoms with E-state index in [1.165, 1.54) is 83.5 Å². The molecule has 0 saturated carbocycles. The second-order valence-electron chi connectivity index (χ2n) is 13.1. The Morgan fingerprint density at radius 1 is 0.588 bits per heavy atom.